The van der Waals surface area contributed by atoms with Gasteiger partial charge in [0.2, 0.25) is 5.91 Å². The van der Waals surface area contributed by atoms with E-state index in [1.54, 1.807) is 49.4 Å². The highest BCUT2D eigenvalue weighted by molar-refractivity contribution is 6.35. The molecule has 0 aliphatic rings. The highest BCUT2D eigenvalue weighted by atomic mass is 35.5. The van der Waals surface area contributed by atoms with Crippen molar-refractivity contribution in [1.29, 1.82) is 0 Å². The quantitative estimate of drug-likeness (QED) is 0.488. The zero-order valence-electron chi connectivity index (χ0n) is 16.7. The third-order valence-corrected chi connectivity index (χ3v) is 4.64. The Morgan fingerprint density at radius 3 is 2.30 bits per heavy atom. The second-order valence-electron chi connectivity index (χ2n) is 6.59. The van der Waals surface area contributed by atoms with E-state index in [9.17, 15) is 14.4 Å². The summed E-state index contributed by atoms with van der Waals surface area (Å²) in [6.07, 6.45) is 0.378. The number of benzene rings is 2. The van der Waals surface area contributed by atoms with Gasteiger partial charge in [0, 0.05) is 17.0 Å². The molecule has 0 fully saturated rings. The summed E-state index contributed by atoms with van der Waals surface area (Å²) in [5.41, 5.74) is 1.30. The Hall–Kier alpha value is -2.83. The Labute approximate surface area is 185 Å². The number of amides is 2. The van der Waals surface area contributed by atoms with Crippen molar-refractivity contribution in [3.63, 3.8) is 0 Å². The van der Waals surface area contributed by atoms with E-state index in [-0.39, 0.29) is 5.70 Å². The van der Waals surface area contributed by atoms with Crippen LogP contribution in [-0.2, 0) is 19.1 Å². The van der Waals surface area contributed by atoms with E-state index in [2.05, 4.69) is 10.6 Å². The van der Waals surface area contributed by atoms with Gasteiger partial charge in [-0.2, -0.15) is 0 Å². The lowest BCUT2D eigenvalue weighted by atomic mass is 10.1. The molecule has 2 aromatic rings. The molecule has 30 heavy (non-hydrogen) atoms. The molecule has 8 heteroatoms. The van der Waals surface area contributed by atoms with E-state index >= 15 is 0 Å². The predicted molar refractivity (Wildman–Crippen MR) is 117 cm³/mol. The lowest BCUT2D eigenvalue weighted by Gasteiger charge is -2.20. The van der Waals surface area contributed by atoms with E-state index in [4.69, 9.17) is 27.9 Å². The van der Waals surface area contributed by atoms with Crippen molar-refractivity contribution < 1.29 is 19.1 Å². The summed E-state index contributed by atoms with van der Waals surface area (Å²) in [4.78, 5) is 36.5. The van der Waals surface area contributed by atoms with E-state index < -0.39 is 29.9 Å². The molecule has 0 aliphatic carbocycles. The Bertz CT molecular complexity index is 961. The molecule has 6 nitrogen and oxygen atoms in total. The van der Waals surface area contributed by atoms with E-state index in [1.807, 2.05) is 6.07 Å². The highest BCUT2D eigenvalue weighted by Gasteiger charge is 2.23. The van der Waals surface area contributed by atoms with Crippen molar-refractivity contribution >= 4 is 47.1 Å². The molecule has 0 radical (unpaired) electrons. The number of carbonyl (C=O) groups is 3. The number of halogens is 2. The van der Waals surface area contributed by atoms with Gasteiger partial charge < -0.3 is 15.4 Å². The number of hydrogen-bond donors (Lipinski definition) is 2. The lowest BCUT2D eigenvalue weighted by molar-refractivity contribution is -0.152. The minimum Gasteiger partial charge on any atom is -0.448 e. The van der Waals surface area contributed by atoms with Gasteiger partial charge >= 0.3 is 5.97 Å². The Morgan fingerprint density at radius 1 is 1.03 bits per heavy atom. The van der Waals surface area contributed by atoms with Crippen LogP contribution in [0.1, 0.15) is 37.9 Å². The molecular formula is C22H22Cl2N2O4. The first kappa shape index (κ1) is 23.4. The van der Waals surface area contributed by atoms with Crippen LogP contribution in [-0.4, -0.2) is 23.9 Å². The standard InChI is InChI=1S/C22H22Cl2N2O4/c1-13(18-10-9-17(23)12-19(18)24)25-21(28)14(2)30-22(29)20(26-15(3)27)11-16-7-5-4-6-8-16/h4-14H,1-3H3,(H,25,28)(H,26,27). The van der Waals surface area contributed by atoms with Crippen molar-refractivity contribution in [2.24, 2.45) is 0 Å². The van der Waals surface area contributed by atoms with Gasteiger partial charge in [0.25, 0.3) is 5.91 Å². The van der Waals surface area contributed by atoms with E-state index in [0.29, 0.717) is 21.2 Å². The minimum absolute atomic E-state index is 0.0675. The SMILES string of the molecule is CC(=O)NC(=Cc1ccccc1)C(=O)OC(C)C(=O)NC(C)c1ccc(Cl)cc1Cl. The van der Waals surface area contributed by atoms with Crippen LogP contribution >= 0.6 is 23.2 Å². The van der Waals surface area contributed by atoms with Gasteiger partial charge in [-0.3, -0.25) is 9.59 Å². The molecule has 2 N–H and O–H groups in total. The fourth-order valence-corrected chi connectivity index (χ4v) is 3.16. The molecule has 0 aromatic heterocycles. The monoisotopic (exact) mass is 448 g/mol. The highest BCUT2D eigenvalue weighted by Crippen LogP contribution is 2.26. The maximum atomic E-state index is 12.5. The molecule has 0 saturated heterocycles. The summed E-state index contributed by atoms with van der Waals surface area (Å²) in [5.74, 6) is -1.77. The minimum atomic E-state index is -1.10. The second kappa shape index (κ2) is 10.8. The first-order valence-electron chi connectivity index (χ1n) is 9.18. The maximum absolute atomic E-state index is 12.5. The van der Waals surface area contributed by atoms with Crippen molar-refractivity contribution in [3.8, 4) is 0 Å². The molecule has 2 rings (SSSR count). The average Bonchev–Trinajstić information content (AvgIpc) is 2.67. The maximum Gasteiger partial charge on any atom is 0.355 e. The number of rotatable bonds is 7. The molecule has 2 atom stereocenters. The molecule has 2 unspecified atom stereocenters. The van der Waals surface area contributed by atoms with Crippen LogP contribution in [0.15, 0.2) is 54.2 Å². The molecule has 0 saturated carbocycles. The van der Waals surface area contributed by atoms with Gasteiger partial charge in [-0.25, -0.2) is 4.79 Å². The molecule has 0 spiro atoms. The summed E-state index contributed by atoms with van der Waals surface area (Å²) in [7, 11) is 0. The van der Waals surface area contributed by atoms with Gasteiger partial charge in [0.15, 0.2) is 6.10 Å². The first-order valence-corrected chi connectivity index (χ1v) is 9.93. The topological polar surface area (TPSA) is 84.5 Å². The number of hydrogen-bond acceptors (Lipinski definition) is 4. The van der Waals surface area contributed by atoms with Crippen LogP contribution < -0.4 is 10.6 Å². The van der Waals surface area contributed by atoms with Gasteiger partial charge in [-0.15, -0.1) is 0 Å². The first-order chi connectivity index (χ1) is 14.2. The summed E-state index contributed by atoms with van der Waals surface area (Å²) >= 11 is 12.1. The largest absolute Gasteiger partial charge is 0.448 e. The van der Waals surface area contributed by atoms with Crippen LogP contribution in [0.3, 0.4) is 0 Å². The van der Waals surface area contributed by atoms with Gasteiger partial charge in [-0.1, -0.05) is 59.6 Å². The zero-order valence-corrected chi connectivity index (χ0v) is 18.3. The summed E-state index contributed by atoms with van der Waals surface area (Å²) in [5, 5.41) is 6.08. The van der Waals surface area contributed by atoms with Gasteiger partial charge in [0.1, 0.15) is 5.70 Å². The number of esters is 1. The third kappa shape index (κ3) is 6.90. The van der Waals surface area contributed by atoms with Crippen LogP contribution in [0.5, 0.6) is 0 Å². The van der Waals surface area contributed by atoms with Gasteiger partial charge in [0.05, 0.1) is 6.04 Å². The normalized spacial score (nSPS) is 13.2. The molecular weight excluding hydrogens is 427 g/mol. The molecule has 0 heterocycles. The Morgan fingerprint density at radius 2 is 1.70 bits per heavy atom. The smallest absolute Gasteiger partial charge is 0.355 e. The van der Waals surface area contributed by atoms with E-state index in [0.717, 1.165) is 0 Å². The lowest BCUT2D eigenvalue weighted by Crippen LogP contribution is -2.38. The van der Waals surface area contributed by atoms with Crippen molar-refractivity contribution in [1.82, 2.24) is 10.6 Å². The summed E-state index contributed by atoms with van der Waals surface area (Å²) < 4.78 is 5.25. The van der Waals surface area contributed by atoms with Crippen molar-refractivity contribution in [3.05, 3.63) is 75.4 Å². The van der Waals surface area contributed by atoms with Crippen molar-refractivity contribution in [2.45, 2.75) is 32.9 Å². The van der Waals surface area contributed by atoms with Gasteiger partial charge in [-0.05, 0) is 43.2 Å². The molecule has 158 valence electrons. The fourth-order valence-electron chi connectivity index (χ4n) is 2.59. The molecule has 0 aliphatic heterocycles. The number of nitrogens with one attached hydrogen (secondary N) is 2. The molecule has 2 aromatic carbocycles. The van der Waals surface area contributed by atoms with E-state index in [1.165, 1.54) is 19.9 Å². The summed E-state index contributed by atoms with van der Waals surface area (Å²) in [6.45, 7) is 4.47. The zero-order chi connectivity index (χ0) is 22.3. The van der Waals surface area contributed by atoms with Crippen LogP contribution in [0.4, 0.5) is 0 Å². The second-order valence-corrected chi connectivity index (χ2v) is 7.44. The fraction of sp³-hybridized carbons (Fsp3) is 0.227. The van der Waals surface area contributed by atoms with Crippen LogP contribution in [0.25, 0.3) is 6.08 Å². The number of carbonyl (C=O) groups excluding carboxylic acids is 3. The van der Waals surface area contributed by atoms with Crippen LogP contribution in [0.2, 0.25) is 10.0 Å². The Kier molecular flexibility index (Phi) is 8.45. The van der Waals surface area contributed by atoms with Crippen LogP contribution in [0, 0.1) is 0 Å². The summed E-state index contributed by atoms with van der Waals surface area (Å²) in [6, 6.07) is 13.5. The third-order valence-electron chi connectivity index (χ3n) is 4.08. The average molecular weight is 449 g/mol. The Balaban J connectivity index is 2.07. The molecule has 2 amide bonds. The number of ether oxygens (including phenoxy) is 1. The van der Waals surface area contributed by atoms with Crippen molar-refractivity contribution in [2.75, 3.05) is 0 Å². The molecule has 0 bridgehead atoms. The predicted octanol–water partition coefficient (Wildman–Crippen LogP) is 4.28.